The number of nitrogens with zero attached hydrogens (tertiary/aromatic N) is 2. The van der Waals surface area contributed by atoms with Crippen molar-refractivity contribution in [3.8, 4) is 0 Å². The Morgan fingerprint density at radius 3 is 2.62 bits per heavy atom. The van der Waals surface area contributed by atoms with Crippen LogP contribution >= 0.6 is 11.3 Å². The average molecular weight is 394 g/mol. The summed E-state index contributed by atoms with van der Waals surface area (Å²) in [6.45, 7) is 4.17. The summed E-state index contributed by atoms with van der Waals surface area (Å²) in [5.74, 6) is 0.930. The Morgan fingerprint density at radius 1 is 1.19 bits per heavy atom. The van der Waals surface area contributed by atoms with Gasteiger partial charge < -0.3 is 10.2 Å². The van der Waals surface area contributed by atoms with Crippen LogP contribution in [0.15, 0.2) is 57.7 Å². The molecule has 0 unspecified atom stereocenters. The summed E-state index contributed by atoms with van der Waals surface area (Å²) in [7, 11) is -1.22. The molecule has 0 spiro atoms. The second-order valence-electron chi connectivity index (χ2n) is 5.97. The molecule has 0 saturated heterocycles. The summed E-state index contributed by atoms with van der Waals surface area (Å²) in [6, 6.07) is 12.8. The molecule has 7 heteroatoms. The second kappa shape index (κ2) is 10.3. The first-order chi connectivity index (χ1) is 12.5. The maximum atomic E-state index is 12.3. The van der Waals surface area contributed by atoms with Gasteiger partial charge in [-0.1, -0.05) is 24.3 Å². The summed E-state index contributed by atoms with van der Waals surface area (Å²) in [6.07, 6.45) is 1.48. The minimum Gasteiger partial charge on any atom is -0.357 e. The largest absolute Gasteiger partial charge is 0.357 e. The maximum Gasteiger partial charge on any atom is 0.193 e. The number of sulfone groups is 1. The fraction of sp³-hybridized carbons (Fsp3) is 0.421. The van der Waals surface area contributed by atoms with Crippen LogP contribution in [0, 0.1) is 0 Å². The van der Waals surface area contributed by atoms with Crippen molar-refractivity contribution in [3.63, 3.8) is 0 Å². The van der Waals surface area contributed by atoms with E-state index in [1.54, 1.807) is 35.6 Å². The summed E-state index contributed by atoms with van der Waals surface area (Å²) in [5, 5.41) is 5.36. The van der Waals surface area contributed by atoms with E-state index in [9.17, 15) is 8.42 Å². The summed E-state index contributed by atoms with van der Waals surface area (Å²) in [5.41, 5.74) is 0. The molecule has 2 rings (SSSR count). The van der Waals surface area contributed by atoms with E-state index in [1.165, 1.54) is 4.88 Å². The molecular weight excluding hydrogens is 366 g/mol. The van der Waals surface area contributed by atoms with E-state index in [2.05, 4.69) is 32.7 Å². The zero-order valence-electron chi connectivity index (χ0n) is 15.4. The van der Waals surface area contributed by atoms with Crippen LogP contribution in [-0.4, -0.2) is 51.7 Å². The van der Waals surface area contributed by atoms with Crippen LogP contribution in [0.4, 0.5) is 0 Å². The zero-order valence-corrected chi connectivity index (χ0v) is 17.0. The number of likely N-dealkylation sites (N-methyl/N-ethyl adjacent to an activating group) is 1. The van der Waals surface area contributed by atoms with Crippen molar-refractivity contribution >= 4 is 27.1 Å². The van der Waals surface area contributed by atoms with Gasteiger partial charge in [-0.25, -0.2) is 8.42 Å². The van der Waals surface area contributed by atoms with Gasteiger partial charge in [0.2, 0.25) is 0 Å². The monoisotopic (exact) mass is 393 g/mol. The molecule has 26 heavy (non-hydrogen) atoms. The highest BCUT2D eigenvalue weighted by atomic mass is 32.2. The lowest BCUT2D eigenvalue weighted by Gasteiger charge is -2.21. The number of nitrogens with one attached hydrogen (secondary N) is 1. The van der Waals surface area contributed by atoms with Gasteiger partial charge in [-0.05, 0) is 43.3 Å². The molecular formula is C19H27N3O2S2. The topological polar surface area (TPSA) is 61.8 Å². The lowest BCUT2D eigenvalue weighted by Crippen LogP contribution is -2.40. The minimum absolute atomic E-state index is 0.110. The van der Waals surface area contributed by atoms with E-state index < -0.39 is 9.84 Å². The SMILES string of the molecule is CCNC(=NCCCS(=O)(=O)c1ccccc1)N(C)CCc1cccs1. The van der Waals surface area contributed by atoms with E-state index in [0.717, 1.165) is 25.5 Å². The van der Waals surface area contributed by atoms with Gasteiger partial charge in [-0.2, -0.15) is 0 Å². The van der Waals surface area contributed by atoms with Gasteiger partial charge in [0, 0.05) is 31.6 Å². The third-order valence-corrected chi connectivity index (χ3v) is 6.66. The van der Waals surface area contributed by atoms with Gasteiger partial charge >= 0.3 is 0 Å². The van der Waals surface area contributed by atoms with Crippen LogP contribution in [0.2, 0.25) is 0 Å². The highest BCUT2D eigenvalue weighted by molar-refractivity contribution is 7.91. The minimum atomic E-state index is -3.23. The van der Waals surface area contributed by atoms with Crippen molar-refractivity contribution in [1.82, 2.24) is 10.2 Å². The normalized spacial score (nSPS) is 12.2. The Kier molecular flexibility index (Phi) is 8.12. The molecule has 142 valence electrons. The van der Waals surface area contributed by atoms with Crippen LogP contribution in [0.1, 0.15) is 18.2 Å². The Balaban J connectivity index is 1.86. The van der Waals surface area contributed by atoms with Gasteiger partial charge in [0.05, 0.1) is 10.6 Å². The Hall–Kier alpha value is -1.86. The molecule has 0 fully saturated rings. The van der Waals surface area contributed by atoms with E-state index in [0.29, 0.717) is 17.9 Å². The number of hydrogen-bond donors (Lipinski definition) is 1. The molecule has 0 aliphatic rings. The fourth-order valence-corrected chi connectivity index (χ4v) is 4.51. The molecule has 0 saturated carbocycles. The number of aliphatic imine (C=N–C) groups is 1. The van der Waals surface area contributed by atoms with Crippen LogP contribution in [0.5, 0.6) is 0 Å². The number of guanidine groups is 1. The van der Waals surface area contributed by atoms with Gasteiger partial charge in [-0.3, -0.25) is 4.99 Å². The molecule has 0 amide bonds. The van der Waals surface area contributed by atoms with Gasteiger partial charge in [0.25, 0.3) is 0 Å². The van der Waals surface area contributed by atoms with E-state index >= 15 is 0 Å². The third kappa shape index (κ3) is 6.46. The maximum absolute atomic E-state index is 12.3. The van der Waals surface area contributed by atoms with Crippen LogP contribution < -0.4 is 5.32 Å². The highest BCUT2D eigenvalue weighted by Gasteiger charge is 2.13. The molecule has 0 aliphatic carbocycles. The smallest absolute Gasteiger partial charge is 0.193 e. The first-order valence-electron chi connectivity index (χ1n) is 8.82. The molecule has 1 heterocycles. The first-order valence-corrected chi connectivity index (χ1v) is 11.4. The molecule has 2 aromatic rings. The Morgan fingerprint density at radius 2 is 1.96 bits per heavy atom. The van der Waals surface area contributed by atoms with E-state index in [1.807, 2.05) is 20.0 Å². The molecule has 1 aromatic heterocycles. The zero-order chi connectivity index (χ0) is 18.8. The average Bonchev–Trinajstić information content (AvgIpc) is 3.16. The molecule has 1 aromatic carbocycles. The van der Waals surface area contributed by atoms with Gasteiger partial charge in [0.15, 0.2) is 15.8 Å². The molecule has 0 radical (unpaired) electrons. The van der Waals surface area contributed by atoms with E-state index in [-0.39, 0.29) is 5.75 Å². The summed E-state index contributed by atoms with van der Waals surface area (Å²) >= 11 is 1.76. The van der Waals surface area contributed by atoms with Crippen molar-refractivity contribution in [2.75, 3.05) is 32.4 Å². The lowest BCUT2D eigenvalue weighted by atomic mass is 10.3. The first kappa shape index (κ1) is 20.5. The predicted molar refractivity (Wildman–Crippen MR) is 110 cm³/mol. The lowest BCUT2D eigenvalue weighted by molar-refractivity contribution is 0.486. The van der Waals surface area contributed by atoms with Crippen molar-refractivity contribution in [3.05, 3.63) is 52.7 Å². The molecule has 0 atom stereocenters. The molecule has 0 bridgehead atoms. The summed E-state index contributed by atoms with van der Waals surface area (Å²) in [4.78, 5) is 8.40. The standard InChI is InChI=1S/C19H27N3O2S2/c1-3-20-19(22(2)14-12-17-9-7-15-25-17)21-13-8-16-26(23,24)18-10-5-4-6-11-18/h4-7,9-11,15H,3,8,12-14,16H2,1-2H3,(H,20,21). The fourth-order valence-electron chi connectivity index (χ4n) is 2.49. The van der Waals surface area contributed by atoms with Crippen molar-refractivity contribution in [2.45, 2.75) is 24.7 Å². The highest BCUT2D eigenvalue weighted by Crippen LogP contribution is 2.11. The second-order valence-corrected chi connectivity index (χ2v) is 9.11. The number of benzene rings is 1. The quantitative estimate of drug-likeness (QED) is 0.404. The van der Waals surface area contributed by atoms with Crippen LogP contribution in [-0.2, 0) is 16.3 Å². The predicted octanol–water partition coefficient (Wildman–Crippen LogP) is 3.05. The van der Waals surface area contributed by atoms with E-state index in [4.69, 9.17) is 0 Å². The van der Waals surface area contributed by atoms with Crippen LogP contribution in [0.25, 0.3) is 0 Å². The van der Waals surface area contributed by atoms with Gasteiger partial charge in [-0.15, -0.1) is 11.3 Å². The van der Waals surface area contributed by atoms with Gasteiger partial charge in [0.1, 0.15) is 0 Å². The Labute approximate surface area is 160 Å². The van der Waals surface area contributed by atoms with Crippen molar-refractivity contribution in [1.29, 1.82) is 0 Å². The summed E-state index contributed by atoms with van der Waals surface area (Å²) < 4.78 is 24.6. The number of rotatable bonds is 9. The van der Waals surface area contributed by atoms with Crippen LogP contribution in [0.3, 0.4) is 0 Å². The molecule has 1 N–H and O–H groups in total. The Bertz CT molecular complexity index is 772. The van der Waals surface area contributed by atoms with Crippen molar-refractivity contribution < 1.29 is 8.42 Å². The third-order valence-electron chi connectivity index (χ3n) is 3.91. The number of hydrogen-bond acceptors (Lipinski definition) is 4. The number of thiophene rings is 1. The van der Waals surface area contributed by atoms with Crippen molar-refractivity contribution in [2.24, 2.45) is 4.99 Å². The molecule has 0 aliphatic heterocycles. The molecule has 5 nitrogen and oxygen atoms in total.